The average molecular weight is 258 g/mol. The van der Waals surface area contributed by atoms with Gasteiger partial charge in [-0.15, -0.1) is 0 Å². The number of para-hydroxylation sites is 2. The van der Waals surface area contributed by atoms with Gasteiger partial charge in [0.25, 0.3) is 0 Å². The lowest BCUT2D eigenvalue weighted by Crippen LogP contribution is -2.19. The fraction of sp³-hybridized carbons (Fsp3) is 0.286. The lowest BCUT2D eigenvalue weighted by atomic mass is 10.2. The molecule has 19 heavy (non-hydrogen) atoms. The molecule has 0 bridgehead atoms. The van der Waals surface area contributed by atoms with Gasteiger partial charge >= 0.3 is 0 Å². The molecular formula is C14H18N4O. The van der Waals surface area contributed by atoms with Crippen LogP contribution in [0.4, 0.5) is 11.5 Å². The van der Waals surface area contributed by atoms with E-state index in [2.05, 4.69) is 9.97 Å². The summed E-state index contributed by atoms with van der Waals surface area (Å²) in [7, 11) is 3.63. The minimum Gasteiger partial charge on any atom is -0.495 e. The molecule has 5 nitrogen and oxygen atoms in total. The Morgan fingerprint density at radius 2 is 2.00 bits per heavy atom. The highest BCUT2D eigenvalue weighted by molar-refractivity contribution is 5.57. The number of anilines is 2. The van der Waals surface area contributed by atoms with Gasteiger partial charge < -0.3 is 15.4 Å². The van der Waals surface area contributed by atoms with Crippen molar-refractivity contribution in [2.75, 3.05) is 24.8 Å². The Morgan fingerprint density at radius 1 is 1.26 bits per heavy atom. The van der Waals surface area contributed by atoms with Gasteiger partial charge in [0.15, 0.2) is 0 Å². The van der Waals surface area contributed by atoms with E-state index in [9.17, 15) is 0 Å². The number of rotatable bonds is 4. The number of ether oxygens (including phenoxy) is 1. The van der Waals surface area contributed by atoms with E-state index in [1.54, 1.807) is 13.2 Å². The van der Waals surface area contributed by atoms with Crippen LogP contribution in [0, 0.1) is 6.92 Å². The van der Waals surface area contributed by atoms with Gasteiger partial charge in [0, 0.05) is 18.8 Å². The molecule has 0 fully saturated rings. The van der Waals surface area contributed by atoms with Crippen molar-refractivity contribution < 1.29 is 4.74 Å². The number of nitrogens with zero attached hydrogens (tertiary/aromatic N) is 3. The maximum absolute atomic E-state index is 5.74. The van der Waals surface area contributed by atoms with E-state index in [1.165, 1.54) is 0 Å². The van der Waals surface area contributed by atoms with Gasteiger partial charge in [0.05, 0.1) is 19.3 Å². The van der Waals surface area contributed by atoms with Crippen LogP contribution in [0.1, 0.15) is 11.5 Å². The van der Waals surface area contributed by atoms with Crippen LogP contribution in [-0.2, 0) is 6.54 Å². The summed E-state index contributed by atoms with van der Waals surface area (Å²) in [5, 5.41) is 0. The molecule has 2 N–H and O–H groups in total. The van der Waals surface area contributed by atoms with E-state index in [4.69, 9.17) is 10.5 Å². The summed E-state index contributed by atoms with van der Waals surface area (Å²) in [6.45, 7) is 2.48. The Bertz CT molecular complexity index is 551. The maximum atomic E-state index is 5.74. The van der Waals surface area contributed by atoms with Gasteiger partial charge in [-0.25, -0.2) is 9.97 Å². The van der Waals surface area contributed by atoms with Crippen molar-refractivity contribution in [3.63, 3.8) is 0 Å². The SMILES string of the molecule is COc1ccccc1N(C)Cc1nc(C)cc(N)n1. The second-order valence-corrected chi connectivity index (χ2v) is 4.38. The molecule has 0 amide bonds. The first-order chi connectivity index (χ1) is 9.10. The first-order valence-corrected chi connectivity index (χ1v) is 6.04. The van der Waals surface area contributed by atoms with Gasteiger partial charge in [0.1, 0.15) is 17.4 Å². The molecule has 0 spiro atoms. The van der Waals surface area contributed by atoms with Crippen molar-refractivity contribution in [1.82, 2.24) is 9.97 Å². The van der Waals surface area contributed by atoms with Gasteiger partial charge in [-0.3, -0.25) is 0 Å². The van der Waals surface area contributed by atoms with Gasteiger partial charge in [-0.2, -0.15) is 0 Å². The van der Waals surface area contributed by atoms with Crippen LogP contribution in [0.3, 0.4) is 0 Å². The van der Waals surface area contributed by atoms with Crippen LogP contribution >= 0.6 is 0 Å². The van der Waals surface area contributed by atoms with Crippen molar-refractivity contribution in [3.8, 4) is 5.75 Å². The van der Waals surface area contributed by atoms with E-state index >= 15 is 0 Å². The molecule has 0 radical (unpaired) electrons. The Hall–Kier alpha value is -2.30. The zero-order valence-electron chi connectivity index (χ0n) is 11.4. The lowest BCUT2D eigenvalue weighted by molar-refractivity contribution is 0.414. The summed E-state index contributed by atoms with van der Waals surface area (Å²) in [5.41, 5.74) is 7.60. The third-order valence-corrected chi connectivity index (χ3v) is 2.80. The quantitative estimate of drug-likeness (QED) is 0.908. The topological polar surface area (TPSA) is 64.3 Å². The summed E-state index contributed by atoms with van der Waals surface area (Å²) in [6.07, 6.45) is 0. The molecule has 5 heteroatoms. The molecule has 1 heterocycles. The second-order valence-electron chi connectivity index (χ2n) is 4.38. The number of nitrogens with two attached hydrogens (primary N) is 1. The van der Waals surface area contributed by atoms with Crippen LogP contribution in [-0.4, -0.2) is 24.1 Å². The number of nitrogen functional groups attached to an aromatic ring is 1. The normalized spacial score (nSPS) is 10.3. The van der Waals surface area contributed by atoms with E-state index < -0.39 is 0 Å². The largest absolute Gasteiger partial charge is 0.495 e. The van der Waals surface area contributed by atoms with Crippen molar-refractivity contribution in [2.24, 2.45) is 0 Å². The molecule has 100 valence electrons. The monoisotopic (exact) mass is 258 g/mol. The highest BCUT2D eigenvalue weighted by atomic mass is 16.5. The predicted molar refractivity (Wildman–Crippen MR) is 76.3 cm³/mol. The van der Waals surface area contributed by atoms with Gasteiger partial charge in [-0.1, -0.05) is 12.1 Å². The van der Waals surface area contributed by atoms with E-state index in [1.807, 2.05) is 43.1 Å². The summed E-state index contributed by atoms with van der Waals surface area (Å²) in [5.74, 6) is 2.02. The Balaban J connectivity index is 2.22. The van der Waals surface area contributed by atoms with Crippen molar-refractivity contribution in [3.05, 3.63) is 41.9 Å². The smallest absolute Gasteiger partial charge is 0.150 e. The zero-order chi connectivity index (χ0) is 13.8. The molecule has 0 saturated heterocycles. The number of aromatic nitrogens is 2. The second kappa shape index (κ2) is 5.56. The van der Waals surface area contributed by atoms with Crippen LogP contribution in [0.25, 0.3) is 0 Å². The van der Waals surface area contributed by atoms with Gasteiger partial charge in [0.2, 0.25) is 0 Å². The molecule has 0 unspecified atom stereocenters. The highest BCUT2D eigenvalue weighted by Crippen LogP contribution is 2.27. The Morgan fingerprint density at radius 3 is 2.68 bits per heavy atom. The molecule has 0 aliphatic rings. The van der Waals surface area contributed by atoms with Crippen molar-refractivity contribution in [2.45, 2.75) is 13.5 Å². The molecule has 0 aliphatic heterocycles. The summed E-state index contributed by atoms with van der Waals surface area (Å²) >= 11 is 0. The van der Waals surface area contributed by atoms with Crippen LogP contribution < -0.4 is 15.4 Å². The number of benzene rings is 1. The van der Waals surface area contributed by atoms with Crippen molar-refractivity contribution >= 4 is 11.5 Å². The van der Waals surface area contributed by atoms with Crippen LogP contribution in [0.2, 0.25) is 0 Å². The molecule has 2 aromatic rings. The minimum absolute atomic E-state index is 0.496. The molecule has 0 saturated carbocycles. The average Bonchev–Trinajstić information content (AvgIpc) is 2.37. The van der Waals surface area contributed by atoms with Crippen LogP contribution in [0.15, 0.2) is 30.3 Å². The fourth-order valence-corrected chi connectivity index (χ4v) is 1.97. The molecule has 0 atom stereocenters. The summed E-state index contributed by atoms with van der Waals surface area (Å²) < 4.78 is 5.34. The minimum atomic E-state index is 0.496. The zero-order valence-corrected chi connectivity index (χ0v) is 11.4. The first-order valence-electron chi connectivity index (χ1n) is 6.04. The van der Waals surface area contributed by atoms with Crippen molar-refractivity contribution in [1.29, 1.82) is 0 Å². The number of methoxy groups -OCH3 is 1. The summed E-state index contributed by atoms with van der Waals surface area (Å²) in [6, 6.07) is 9.60. The lowest BCUT2D eigenvalue weighted by Gasteiger charge is -2.21. The Labute approximate surface area is 113 Å². The third kappa shape index (κ3) is 3.13. The summed E-state index contributed by atoms with van der Waals surface area (Å²) in [4.78, 5) is 10.7. The highest BCUT2D eigenvalue weighted by Gasteiger charge is 2.09. The van der Waals surface area contributed by atoms with E-state index in [0.717, 1.165) is 17.1 Å². The standard InChI is InChI=1S/C14H18N4O/c1-10-8-13(15)17-14(16-10)9-18(2)11-6-4-5-7-12(11)19-3/h4-8H,9H2,1-3H3,(H2,15,16,17). The first kappa shape index (κ1) is 13.1. The molecule has 2 rings (SSSR count). The molecular weight excluding hydrogens is 240 g/mol. The van der Waals surface area contributed by atoms with E-state index in [-0.39, 0.29) is 0 Å². The number of hydrogen-bond acceptors (Lipinski definition) is 5. The van der Waals surface area contributed by atoms with Crippen LogP contribution in [0.5, 0.6) is 5.75 Å². The number of aryl methyl sites for hydroxylation is 1. The predicted octanol–water partition coefficient (Wildman–Crippen LogP) is 2.01. The van der Waals surface area contributed by atoms with E-state index in [0.29, 0.717) is 18.2 Å². The molecule has 1 aromatic carbocycles. The third-order valence-electron chi connectivity index (χ3n) is 2.80. The Kier molecular flexibility index (Phi) is 3.85. The number of hydrogen-bond donors (Lipinski definition) is 1. The maximum Gasteiger partial charge on any atom is 0.150 e. The fourth-order valence-electron chi connectivity index (χ4n) is 1.97. The molecule has 0 aliphatic carbocycles. The molecule has 1 aromatic heterocycles. The van der Waals surface area contributed by atoms with Gasteiger partial charge in [-0.05, 0) is 19.1 Å².